The first-order chi connectivity index (χ1) is 12.3. The summed E-state index contributed by atoms with van der Waals surface area (Å²) in [5, 5.41) is 13.4. The summed E-state index contributed by atoms with van der Waals surface area (Å²) in [4.78, 5) is 14.0. The highest BCUT2D eigenvalue weighted by Gasteiger charge is 2.40. The Bertz CT molecular complexity index is 844. The standard InChI is InChI=1S/C18H17F3N4O/c1-24-15(18(19,20)21)11-14(23-24)16(26)25-9-7-17(12-22,8-10-25)13-5-3-2-4-6-13/h2-6,11H,7-10H2,1H3. The van der Waals surface area contributed by atoms with Gasteiger partial charge in [0.25, 0.3) is 5.91 Å². The Kier molecular flexibility index (Phi) is 4.48. The van der Waals surface area contributed by atoms with Crippen molar-refractivity contribution in [3.8, 4) is 6.07 Å². The highest BCUT2D eigenvalue weighted by Crippen LogP contribution is 2.35. The van der Waals surface area contributed by atoms with Crippen molar-refractivity contribution in [2.75, 3.05) is 13.1 Å². The van der Waals surface area contributed by atoms with E-state index in [1.807, 2.05) is 30.3 Å². The molecule has 1 fully saturated rings. The molecule has 1 aromatic heterocycles. The molecular formula is C18H17F3N4O. The number of piperidine rings is 1. The number of likely N-dealkylation sites (tertiary alicyclic amines) is 1. The Morgan fingerprint density at radius 3 is 2.35 bits per heavy atom. The molecule has 2 aromatic rings. The van der Waals surface area contributed by atoms with E-state index in [2.05, 4.69) is 11.2 Å². The Labute approximate surface area is 148 Å². The van der Waals surface area contributed by atoms with Gasteiger partial charge in [0, 0.05) is 26.2 Å². The van der Waals surface area contributed by atoms with Crippen LogP contribution in [0.25, 0.3) is 0 Å². The molecule has 26 heavy (non-hydrogen) atoms. The molecule has 0 aliphatic carbocycles. The fraction of sp³-hybridized carbons (Fsp3) is 0.389. The van der Waals surface area contributed by atoms with E-state index in [-0.39, 0.29) is 5.69 Å². The monoisotopic (exact) mass is 362 g/mol. The highest BCUT2D eigenvalue weighted by molar-refractivity contribution is 5.92. The van der Waals surface area contributed by atoms with Gasteiger partial charge in [0.05, 0.1) is 11.5 Å². The summed E-state index contributed by atoms with van der Waals surface area (Å²) >= 11 is 0. The number of carbonyl (C=O) groups is 1. The second-order valence-corrected chi connectivity index (χ2v) is 6.39. The minimum absolute atomic E-state index is 0.232. The van der Waals surface area contributed by atoms with Crippen LogP contribution < -0.4 is 0 Å². The number of amides is 1. The smallest absolute Gasteiger partial charge is 0.337 e. The van der Waals surface area contributed by atoms with Crippen LogP contribution in [0.1, 0.15) is 34.6 Å². The van der Waals surface area contributed by atoms with Crippen molar-refractivity contribution in [2.24, 2.45) is 7.05 Å². The number of aryl methyl sites for hydroxylation is 1. The van der Waals surface area contributed by atoms with Gasteiger partial charge in [-0.2, -0.15) is 23.5 Å². The Hall–Kier alpha value is -2.82. The fourth-order valence-corrected chi connectivity index (χ4v) is 3.31. The van der Waals surface area contributed by atoms with Crippen molar-refractivity contribution >= 4 is 5.91 Å². The van der Waals surface area contributed by atoms with E-state index in [1.165, 1.54) is 4.90 Å². The second kappa shape index (κ2) is 6.48. The predicted molar refractivity (Wildman–Crippen MR) is 87.1 cm³/mol. The lowest BCUT2D eigenvalue weighted by molar-refractivity contribution is -0.143. The number of rotatable bonds is 2. The molecule has 1 saturated heterocycles. The Balaban J connectivity index is 1.76. The molecule has 5 nitrogen and oxygen atoms in total. The van der Waals surface area contributed by atoms with E-state index < -0.39 is 23.2 Å². The zero-order chi connectivity index (χ0) is 18.9. The molecule has 3 rings (SSSR count). The lowest BCUT2D eigenvalue weighted by atomic mass is 9.74. The first kappa shape index (κ1) is 18.0. The van der Waals surface area contributed by atoms with E-state index in [4.69, 9.17) is 0 Å². The van der Waals surface area contributed by atoms with Crippen LogP contribution in [0, 0.1) is 11.3 Å². The SMILES string of the molecule is Cn1nc(C(=O)N2CCC(C#N)(c3ccccc3)CC2)cc1C(F)(F)F. The number of carbonyl (C=O) groups excluding carboxylic acids is 1. The van der Waals surface area contributed by atoms with Crippen molar-refractivity contribution in [3.05, 3.63) is 53.3 Å². The molecule has 8 heteroatoms. The van der Waals surface area contributed by atoms with Crippen molar-refractivity contribution in [2.45, 2.75) is 24.4 Å². The van der Waals surface area contributed by atoms with Gasteiger partial charge in [0.1, 0.15) is 5.69 Å². The molecule has 0 bridgehead atoms. The molecule has 1 aromatic carbocycles. The molecule has 1 amide bonds. The van der Waals surface area contributed by atoms with Crippen molar-refractivity contribution in [1.29, 1.82) is 5.26 Å². The summed E-state index contributed by atoms with van der Waals surface area (Å²) in [6.45, 7) is 0.582. The lowest BCUT2D eigenvalue weighted by Crippen LogP contribution is -2.44. The minimum Gasteiger partial charge on any atom is -0.337 e. The van der Waals surface area contributed by atoms with Gasteiger partial charge in [0.15, 0.2) is 5.69 Å². The largest absolute Gasteiger partial charge is 0.433 e. The maximum Gasteiger partial charge on any atom is 0.433 e. The van der Waals surface area contributed by atoms with Gasteiger partial charge < -0.3 is 4.90 Å². The molecule has 2 heterocycles. The third kappa shape index (κ3) is 3.17. The summed E-state index contributed by atoms with van der Waals surface area (Å²) < 4.78 is 39.3. The van der Waals surface area contributed by atoms with E-state index in [1.54, 1.807) is 0 Å². The normalized spacial score (nSPS) is 17.0. The summed E-state index contributed by atoms with van der Waals surface area (Å²) in [6.07, 6.45) is -3.71. The van der Waals surface area contributed by atoms with Crippen molar-refractivity contribution in [3.63, 3.8) is 0 Å². The number of hydrogen-bond acceptors (Lipinski definition) is 3. The van der Waals surface area contributed by atoms with Crippen LogP contribution in [0.2, 0.25) is 0 Å². The number of alkyl halides is 3. The van der Waals surface area contributed by atoms with Gasteiger partial charge in [-0.05, 0) is 18.4 Å². The molecule has 0 saturated carbocycles. The highest BCUT2D eigenvalue weighted by atomic mass is 19.4. The van der Waals surface area contributed by atoms with E-state index in [9.17, 15) is 23.2 Å². The van der Waals surface area contributed by atoms with Crippen molar-refractivity contribution in [1.82, 2.24) is 14.7 Å². The van der Waals surface area contributed by atoms with Crippen LogP contribution in [-0.4, -0.2) is 33.7 Å². The number of aromatic nitrogens is 2. The van der Waals surface area contributed by atoms with E-state index in [0.29, 0.717) is 30.6 Å². The Morgan fingerprint density at radius 1 is 1.23 bits per heavy atom. The van der Waals surface area contributed by atoms with Gasteiger partial charge in [-0.1, -0.05) is 30.3 Å². The lowest BCUT2D eigenvalue weighted by Gasteiger charge is -2.37. The topological polar surface area (TPSA) is 61.9 Å². The van der Waals surface area contributed by atoms with Crippen LogP contribution in [0.3, 0.4) is 0 Å². The second-order valence-electron chi connectivity index (χ2n) is 6.39. The number of benzene rings is 1. The molecule has 1 aliphatic rings. The number of halogens is 3. The third-order valence-corrected chi connectivity index (χ3v) is 4.83. The molecular weight excluding hydrogens is 345 g/mol. The van der Waals surface area contributed by atoms with Crippen LogP contribution in [0.4, 0.5) is 13.2 Å². The fourth-order valence-electron chi connectivity index (χ4n) is 3.31. The molecule has 0 spiro atoms. The quantitative estimate of drug-likeness (QED) is 0.825. The maximum atomic E-state index is 12.9. The summed E-state index contributed by atoms with van der Waals surface area (Å²) in [5.41, 5.74) is -0.983. The molecule has 136 valence electrons. The Morgan fingerprint density at radius 2 is 1.85 bits per heavy atom. The average molecular weight is 362 g/mol. The zero-order valence-corrected chi connectivity index (χ0v) is 14.1. The molecule has 0 atom stereocenters. The van der Waals surface area contributed by atoms with Gasteiger partial charge in [0.2, 0.25) is 0 Å². The van der Waals surface area contributed by atoms with Crippen LogP contribution in [-0.2, 0) is 18.6 Å². The number of hydrogen-bond donors (Lipinski definition) is 0. The van der Waals surface area contributed by atoms with E-state index >= 15 is 0 Å². The molecule has 0 N–H and O–H groups in total. The van der Waals surface area contributed by atoms with Gasteiger partial charge in [-0.3, -0.25) is 9.48 Å². The molecule has 1 aliphatic heterocycles. The molecule has 0 unspecified atom stereocenters. The van der Waals surface area contributed by atoms with Crippen LogP contribution in [0.15, 0.2) is 36.4 Å². The van der Waals surface area contributed by atoms with Crippen molar-refractivity contribution < 1.29 is 18.0 Å². The maximum absolute atomic E-state index is 12.9. The first-order valence-electron chi connectivity index (χ1n) is 8.14. The van der Waals surface area contributed by atoms with Gasteiger partial charge >= 0.3 is 6.18 Å². The van der Waals surface area contributed by atoms with Gasteiger partial charge in [-0.15, -0.1) is 0 Å². The minimum atomic E-state index is -4.56. The average Bonchev–Trinajstić information content (AvgIpc) is 3.04. The van der Waals surface area contributed by atoms with Crippen LogP contribution in [0.5, 0.6) is 0 Å². The number of nitriles is 1. The summed E-state index contributed by atoms with van der Waals surface area (Å²) in [6, 6.07) is 12.5. The first-order valence-corrected chi connectivity index (χ1v) is 8.14. The summed E-state index contributed by atoms with van der Waals surface area (Å²) in [7, 11) is 1.16. The van der Waals surface area contributed by atoms with Gasteiger partial charge in [-0.25, -0.2) is 0 Å². The zero-order valence-electron chi connectivity index (χ0n) is 14.1. The van der Waals surface area contributed by atoms with Crippen LogP contribution >= 0.6 is 0 Å². The predicted octanol–water partition coefficient (Wildman–Crippen LogP) is 3.14. The molecule has 0 radical (unpaired) electrons. The number of nitrogens with zero attached hydrogens (tertiary/aromatic N) is 4. The third-order valence-electron chi connectivity index (χ3n) is 4.83. The summed E-state index contributed by atoms with van der Waals surface area (Å²) in [5.74, 6) is -0.546. The van der Waals surface area contributed by atoms with E-state index in [0.717, 1.165) is 18.7 Å².